The second-order valence-corrected chi connectivity index (χ2v) is 8.80. The Bertz CT molecular complexity index is 1390. The van der Waals surface area contributed by atoms with E-state index in [4.69, 9.17) is 9.15 Å². The van der Waals surface area contributed by atoms with E-state index in [0.717, 1.165) is 33.5 Å². The number of carbonyl (C=O) groups excluding carboxylic acids is 1. The Balaban J connectivity index is 1.16. The molecule has 0 spiro atoms. The van der Waals surface area contributed by atoms with Gasteiger partial charge >= 0.3 is 0 Å². The van der Waals surface area contributed by atoms with E-state index < -0.39 is 0 Å². The first-order chi connectivity index (χ1) is 17.2. The average molecular weight is 482 g/mol. The van der Waals surface area contributed by atoms with Crippen molar-refractivity contribution in [3.63, 3.8) is 0 Å². The summed E-state index contributed by atoms with van der Waals surface area (Å²) in [6.45, 7) is 0.886. The number of amides is 1. The van der Waals surface area contributed by atoms with Crippen LogP contribution in [-0.4, -0.2) is 15.9 Å². The van der Waals surface area contributed by atoms with Crippen LogP contribution < -0.4 is 10.1 Å². The number of aromatic nitrogens is 2. The van der Waals surface area contributed by atoms with Gasteiger partial charge in [0.1, 0.15) is 17.9 Å². The van der Waals surface area contributed by atoms with E-state index in [9.17, 15) is 4.79 Å². The van der Waals surface area contributed by atoms with Crippen LogP contribution in [0.25, 0.3) is 11.1 Å². The van der Waals surface area contributed by atoms with Gasteiger partial charge in [-0.2, -0.15) is 0 Å². The molecule has 1 N–H and O–H groups in total. The number of ether oxygens (including phenoxy) is 1. The Labute approximate surface area is 207 Å². The van der Waals surface area contributed by atoms with Gasteiger partial charge in [-0.1, -0.05) is 60.3 Å². The van der Waals surface area contributed by atoms with Gasteiger partial charge in [-0.3, -0.25) is 9.78 Å². The molecule has 6 nitrogen and oxygen atoms in total. The number of nitrogens with zero attached hydrogens (tertiary/aromatic N) is 2. The number of benzene rings is 3. The highest BCUT2D eigenvalue weighted by molar-refractivity contribution is 7.98. The third kappa shape index (κ3) is 5.88. The first-order valence-electron chi connectivity index (χ1n) is 11.2. The first kappa shape index (κ1) is 22.7. The number of nitrogens with one attached hydrogen (secondary N) is 1. The van der Waals surface area contributed by atoms with E-state index >= 15 is 0 Å². The van der Waals surface area contributed by atoms with Crippen molar-refractivity contribution < 1.29 is 13.9 Å². The molecule has 0 aliphatic rings. The number of hydrogen-bond acceptors (Lipinski definition) is 6. The highest BCUT2D eigenvalue weighted by Crippen LogP contribution is 2.27. The molecule has 0 unspecified atom stereocenters. The van der Waals surface area contributed by atoms with Crippen LogP contribution in [0.3, 0.4) is 0 Å². The SMILES string of the molecule is O=C(NCc1ccc(OCc2cccnc2)cc1)c1ccccc1CSc1nc2ccccc2o1. The van der Waals surface area contributed by atoms with E-state index in [1.807, 2.05) is 84.9 Å². The van der Waals surface area contributed by atoms with Crippen LogP contribution in [-0.2, 0) is 18.9 Å². The molecule has 2 aromatic heterocycles. The van der Waals surface area contributed by atoms with Gasteiger partial charge < -0.3 is 14.5 Å². The third-order valence-corrected chi connectivity index (χ3v) is 6.27. The molecule has 5 rings (SSSR count). The van der Waals surface area contributed by atoms with Crippen molar-refractivity contribution in [2.45, 2.75) is 24.1 Å². The third-order valence-electron chi connectivity index (χ3n) is 5.39. The minimum atomic E-state index is -0.115. The number of oxazole rings is 1. The monoisotopic (exact) mass is 481 g/mol. The molecule has 0 atom stereocenters. The second kappa shape index (κ2) is 10.9. The van der Waals surface area contributed by atoms with Crippen LogP contribution in [0, 0.1) is 0 Å². The lowest BCUT2D eigenvalue weighted by atomic mass is 10.1. The van der Waals surface area contributed by atoms with E-state index in [0.29, 0.717) is 29.7 Å². The Morgan fingerprint density at radius 1 is 0.914 bits per heavy atom. The number of carbonyl (C=O) groups is 1. The van der Waals surface area contributed by atoms with Gasteiger partial charge in [0.05, 0.1) is 0 Å². The van der Waals surface area contributed by atoms with Crippen molar-refractivity contribution in [2.75, 3.05) is 0 Å². The number of fused-ring (bicyclic) bond motifs is 1. The Hall–Kier alpha value is -4.10. The van der Waals surface area contributed by atoms with Gasteiger partial charge in [0.2, 0.25) is 0 Å². The number of para-hydroxylation sites is 2. The van der Waals surface area contributed by atoms with E-state index in [-0.39, 0.29) is 5.91 Å². The lowest BCUT2D eigenvalue weighted by Crippen LogP contribution is -2.23. The number of hydrogen-bond donors (Lipinski definition) is 1. The van der Waals surface area contributed by atoms with Crippen LogP contribution in [0.5, 0.6) is 5.75 Å². The summed E-state index contributed by atoms with van der Waals surface area (Å²) in [5, 5.41) is 3.61. The quantitative estimate of drug-likeness (QED) is 0.259. The summed E-state index contributed by atoms with van der Waals surface area (Å²) in [7, 11) is 0. The highest BCUT2D eigenvalue weighted by Gasteiger charge is 2.13. The molecular weight excluding hydrogens is 458 g/mol. The molecule has 5 aromatic rings. The van der Waals surface area contributed by atoms with Crippen LogP contribution in [0.2, 0.25) is 0 Å². The maximum atomic E-state index is 12.9. The predicted octanol–water partition coefficient (Wildman–Crippen LogP) is 6.02. The van der Waals surface area contributed by atoms with Gasteiger partial charge in [-0.25, -0.2) is 4.98 Å². The number of thioether (sulfide) groups is 1. The fraction of sp³-hybridized carbons (Fsp3) is 0.107. The summed E-state index contributed by atoms with van der Waals surface area (Å²) in [5.74, 6) is 1.24. The summed E-state index contributed by atoms with van der Waals surface area (Å²) >= 11 is 1.47. The summed E-state index contributed by atoms with van der Waals surface area (Å²) in [6.07, 6.45) is 3.52. The van der Waals surface area contributed by atoms with Crippen molar-refractivity contribution in [1.29, 1.82) is 0 Å². The highest BCUT2D eigenvalue weighted by atomic mass is 32.2. The lowest BCUT2D eigenvalue weighted by Gasteiger charge is -2.10. The maximum Gasteiger partial charge on any atom is 0.257 e. The minimum Gasteiger partial charge on any atom is -0.489 e. The molecule has 3 aromatic carbocycles. The van der Waals surface area contributed by atoms with Crippen molar-refractivity contribution >= 4 is 28.8 Å². The lowest BCUT2D eigenvalue weighted by molar-refractivity contribution is 0.0950. The van der Waals surface area contributed by atoms with E-state index in [1.54, 1.807) is 12.4 Å². The zero-order valence-electron chi connectivity index (χ0n) is 18.9. The predicted molar refractivity (Wildman–Crippen MR) is 136 cm³/mol. The van der Waals surface area contributed by atoms with Gasteiger partial charge in [0, 0.05) is 35.8 Å². The van der Waals surface area contributed by atoms with Crippen LogP contribution in [0.1, 0.15) is 27.0 Å². The molecule has 0 bridgehead atoms. The summed E-state index contributed by atoms with van der Waals surface area (Å²) < 4.78 is 11.6. The topological polar surface area (TPSA) is 77.2 Å². The summed E-state index contributed by atoms with van der Waals surface area (Å²) in [6, 6.07) is 26.8. The number of pyridine rings is 1. The molecule has 1 amide bonds. The largest absolute Gasteiger partial charge is 0.489 e. The molecule has 0 saturated carbocycles. The van der Waals surface area contributed by atoms with Gasteiger partial charge in [-0.15, -0.1) is 0 Å². The number of rotatable bonds is 9. The van der Waals surface area contributed by atoms with Gasteiger partial charge in [0.25, 0.3) is 11.1 Å². The van der Waals surface area contributed by atoms with Crippen LogP contribution in [0.4, 0.5) is 0 Å². The Morgan fingerprint density at radius 3 is 2.57 bits per heavy atom. The Morgan fingerprint density at radius 2 is 1.74 bits per heavy atom. The maximum absolute atomic E-state index is 12.9. The first-order valence-corrected chi connectivity index (χ1v) is 12.2. The molecular formula is C28H23N3O3S. The van der Waals surface area contributed by atoms with E-state index in [2.05, 4.69) is 15.3 Å². The van der Waals surface area contributed by atoms with Crippen molar-refractivity contribution in [3.05, 3.63) is 120 Å². The average Bonchev–Trinajstić information content (AvgIpc) is 3.34. The zero-order valence-corrected chi connectivity index (χ0v) is 19.7. The normalized spacial score (nSPS) is 10.9. The van der Waals surface area contributed by atoms with Crippen LogP contribution in [0.15, 0.2) is 107 Å². The molecule has 174 valence electrons. The van der Waals surface area contributed by atoms with Crippen molar-refractivity contribution in [2.24, 2.45) is 0 Å². The molecule has 0 radical (unpaired) electrons. The zero-order chi connectivity index (χ0) is 23.9. The molecule has 35 heavy (non-hydrogen) atoms. The smallest absolute Gasteiger partial charge is 0.257 e. The Kier molecular flexibility index (Phi) is 7.05. The molecule has 0 aliphatic carbocycles. The van der Waals surface area contributed by atoms with Gasteiger partial charge in [-0.05, 0) is 47.5 Å². The second-order valence-electron chi connectivity index (χ2n) is 7.87. The summed E-state index contributed by atoms with van der Waals surface area (Å²) in [5.41, 5.74) is 5.16. The fourth-order valence-corrected chi connectivity index (χ4v) is 4.39. The van der Waals surface area contributed by atoms with E-state index in [1.165, 1.54) is 11.8 Å². The molecule has 0 fully saturated rings. The van der Waals surface area contributed by atoms with Crippen molar-refractivity contribution in [3.8, 4) is 5.75 Å². The fourth-order valence-electron chi connectivity index (χ4n) is 3.55. The molecule has 7 heteroatoms. The molecule has 0 aliphatic heterocycles. The minimum absolute atomic E-state index is 0.115. The van der Waals surface area contributed by atoms with Gasteiger partial charge in [0.15, 0.2) is 5.58 Å². The summed E-state index contributed by atoms with van der Waals surface area (Å²) in [4.78, 5) is 21.5. The molecule has 0 saturated heterocycles. The standard InChI is InChI=1S/C28H23N3O3S/c32-27(30-17-20-11-13-23(14-12-20)33-18-21-6-5-15-29-16-21)24-8-2-1-7-22(24)19-35-28-31-25-9-3-4-10-26(25)34-28/h1-16H,17-19H2,(H,30,32). The van der Waals surface area contributed by atoms with Crippen LogP contribution >= 0.6 is 11.8 Å². The van der Waals surface area contributed by atoms with Crippen molar-refractivity contribution in [1.82, 2.24) is 15.3 Å². The molecule has 2 heterocycles.